The quantitative estimate of drug-likeness (QED) is 0.476. The van der Waals surface area contributed by atoms with Crippen LogP contribution < -0.4 is 5.32 Å². The Labute approximate surface area is 114 Å². The van der Waals surface area contributed by atoms with Crippen LogP contribution in [-0.2, 0) is 0 Å². The molecule has 18 heavy (non-hydrogen) atoms. The van der Waals surface area contributed by atoms with Crippen molar-refractivity contribution in [3.8, 4) is 0 Å². The summed E-state index contributed by atoms with van der Waals surface area (Å²) >= 11 is 0. The van der Waals surface area contributed by atoms with Crippen LogP contribution in [-0.4, -0.2) is 12.1 Å². The maximum Gasteiger partial charge on any atom is 0.00966 e. The summed E-state index contributed by atoms with van der Waals surface area (Å²) in [6.45, 7) is 11.8. The minimum atomic E-state index is 0.275. The van der Waals surface area contributed by atoms with Crippen LogP contribution in [0.2, 0.25) is 0 Å². The summed E-state index contributed by atoms with van der Waals surface area (Å²) in [5, 5.41) is 3.69. The fraction of sp³-hybridized carbons (Fsp3) is 0.882. The highest BCUT2D eigenvalue weighted by Gasteiger charge is 2.27. The predicted molar refractivity (Wildman–Crippen MR) is 81.9 cm³/mol. The average molecular weight is 251 g/mol. The fourth-order valence-electron chi connectivity index (χ4n) is 3.07. The van der Waals surface area contributed by atoms with E-state index in [1.165, 1.54) is 57.9 Å². The number of hydrogen-bond donors (Lipinski definition) is 1. The molecule has 0 amide bonds. The smallest absolute Gasteiger partial charge is 0.00966 e. The number of hydrogen-bond acceptors (Lipinski definition) is 1. The van der Waals surface area contributed by atoms with Gasteiger partial charge in [0.15, 0.2) is 0 Å². The van der Waals surface area contributed by atoms with E-state index in [9.17, 15) is 0 Å². The van der Waals surface area contributed by atoms with Crippen LogP contribution in [0.4, 0.5) is 0 Å². The Morgan fingerprint density at radius 2 is 1.83 bits per heavy atom. The molecule has 0 saturated heterocycles. The van der Waals surface area contributed by atoms with E-state index in [0.717, 1.165) is 11.8 Å². The first-order valence-electron chi connectivity index (χ1n) is 7.89. The standard InChI is InChI=1S/C17H33N/c1-5-6-7-8-9-11-15-12-10-13-16(15)14-18-17(2,3)4/h5,15-16,18H,1,6-14H2,2-4H3. The molecule has 0 radical (unpaired) electrons. The summed E-state index contributed by atoms with van der Waals surface area (Å²) in [5.74, 6) is 1.92. The van der Waals surface area contributed by atoms with Crippen molar-refractivity contribution in [2.45, 2.75) is 77.7 Å². The molecule has 1 N–H and O–H groups in total. The van der Waals surface area contributed by atoms with Gasteiger partial charge in [0, 0.05) is 5.54 Å². The Kier molecular flexibility index (Phi) is 6.99. The highest BCUT2D eigenvalue weighted by atomic mass is 14.9. The molecule has 106 valence electrons. The molecule has 0 aliphatic heterocycles. The van der Waals surface area contributed by atoms with Crippen molar-refractivity contribution in [2.24, 2.45) is 11.8 Å². The Balaban J connectivity index is 2.16. The zero-order valence-electron chi connectivity index (χ0n) is 12.8. The summed E-state index contributed by atoms with van der Waals surface area (Å²) in [4.78, 5) is 0. The molecule has 0 spiro atoms. The summed E-state index contributed by atoms with van der Waals surface area (Å²) in [7, 11) is 0. The minimum absolute atomic E-state index is 0.275. The third-order valence-electron chi connectivity index (χ3n) is 4.19. The SMILES string of the molecule is C=CCCCCCC1CCCC1CNC(C)(C)C. The first-order valence-corrected chi connectivity index (χ1v) is 7.89. The number of unbranched alkanes of at least 4 members (excludes halogenated alkanes) is 3. The summed E-state index contributed by atoms with van der Waals surface area (Å²) < 4.78 is 0. The van der Waals surface area contributed by atoms with Gasteiger partial charge in [-0.3, -0.25) is 0 Å². The van der Waals surface area contributed by atoms with Gasteiger partial charge in [0.1, 0.15) is 0 Å². The number of nitrogens with one attached hydrogen (secondary N) is 1. The lowest BCUT2D eigenvalue weighted by atomic mass is 9.90. The van der Waals surface area contributed by atoms with Crippen molar-refractivity contribution in [1.82, 2.24) is 5.32 Å². The van der Waals surface area contributed by atoms with Crippen LogP contribution in [0.15, 0.2) is 12.7 Å². The number of allylic oxidation sites excluding steroid dienone is 1. The van der Waals surface area contributed by atoms with Gasteiger partial charge in [0.25, 0.3) is 0 Å². The molecule has 1 aliphatic rings. The normalized spacial score (nSPS) is 24.4. The van der Waals surface area contributed by atoms with Crippen LogP contribution >= 0.6 is 0 Å². The van der Waals surface area contributed by atoms with E-state index in [1.807, 2.05) is 6.08 Å². The molecule has 0 aromatic rings. The van der Waals surface area contributed by atoms with Crippen molar-refractivity contribution in [1.29, 1.82) is 0 Å². The molecule has 1 heteroatoms. The molecule has 1 rings (SSSR count). The third kappa shape index (κ3) is 6.58. The predicted octanol–water partition coefficient (Wildman–Crippen LogP) is 4.93. The molecule has 2 atom stereocenters. The molecular weight excluding hydrogens is 218 g/mol. The zero-order chi connectivity index (χ0) is 13.4. The van der Waals surface area contributed by atoms with E-state index in [4.69, 9.17) is 0 Å². The van der Waals surface area contributed by atoms with Crippen molar-refractivity contribution < 1.29 is 0 Å². The lowest BCUT2D eigenvalue weighted by Crippen LogP contribution is -2.39. The van der Waals surface area contributed by atoms with Crippen LogP contribution in [0.3, 0.4) is 0 Å². The molecule has 1 fully saturated rings. The minimum Gasteiger partial charge on any atom is -0.312 e. The van der Waals surface area contributed by atoms with E-state index in [2.05, 4.69) is 32.7 Å². The molecule has 1 aliphatic carbocycles. The monoisotopic (exact) mass is 251 g/mol. The molecule has 0 aromatic heterocycles. The van der Waals surface area contributed by atoms with Gasteiger partial charge in [0.05, 0.1) is 0 Å². The van der Waals surface area contributed by atoms with Crippen LogP contribution in [0.25, 0.3) is 0 Å². The highest BCUT2D eigenvalue weighted by molar-refractivity contribution is 4.82. The first kappa shape index (κ1) is 15.8. The topological polar surface area (TPSA) is 12.0 Å². The van der Waals surface area contributed by atoms with E-state index < -0.39 is 0 Å². The Morgan fingerprint density at radius 3 is 2.50 bits per heavy atom. The van der Waals surface area contributed by atoms with Crippen LogP contribution in [0.5, 0.6) is 0 Å². The molecule has 1 saturated carbocycles. The molecule has 0 aromatic carbocycles. The molecule has 0 bridgehead atoms. The summed E-state index contributed by atoms with van der Waals surface area (Å²) in [6, 6.07) is 0. The lowest BCUT2D eigenvalue weighted by Gasteiger charge is -2.26. The van der Waals surface area contributed by atoms with Gasteiger partial charge in [-0.1, -0.05) is 38.2 Å². The van der Waals surface area contributed by atoms with Crippen molar-refractivity contribution >= 4 is 0 Å². The Hall–Kier alpha value is -0.300. The van der Waals surface area contributed by atoms with E-state index in [0.29, 0.717) is 0 Å². The lowest BCUT2D eigenvalue weighted by molar-refractivity contribution is 0.301. The maximum absolute atomic E-state index is 3.79. The molecule has 1 nitrogen and oxygen atoms in total. The van der Waals surface area contributed by atoms with Gasteiger partial charge in [-0.2, -0.15) is 0 Å². The van der Waals surface area contributed by atoms with Crippen LogP contribution in [0.1, 0.15) is 72.1 Å². The summed E-state index contributed by atoms with van der Waals surface area (Å²) in [5.41, 5.74) is 0.275. The highest BCUT2D eigenvalue weighted by Crippen LogP contribution is 2.35. The largest absolute Gasteiger partial charge is 0.312 e. The van der Waals surface area contributed by atoms with E-state index in [-0.39, 0.29) is 5.54 Å². The van der Waals surface area contributed by atoms with Crippen molar-refractivity contribution in [2.75, 3.05) is 6.54 Å². The Bertz CT molecular complexity index is 226. The van der Waals surface area contributed by atoms with Gasteiger partial charge in [0.2, 0.25) is 0 Å². The van der Waals surface area contributed by atoms with Gasteiger partial charge >= 0.3 is 0 Å². The summed E-state index contributed by atoms with van der Waals surface area (Å²) in [6.07, 6.45) is 13.2. The third-order valence-corrected chi connectivity index (χ3v) is 4.19. The van der Waals surface area contributed by atoms with E-state index >= 15 is 0 Å². The molecular formula is C17H33N. The second-order valence-corrected chi connectivity index (χ2v) is 7.01. The zero-order valence-corrected chi connectivity index (χ0v) is 12.8. The second kappa shape index (κ2) is 7.99. The number of rotatable bonds is 8. The van der Waals surface area contributed by atoms with E-state index in [1.54, 1.807) is 0 Å². The first-order chi connectivity index (χ1) is 8.53. The van der Waals surface area contributed by atoms with Gasteiger partial charge in [-0.25, -0.2) is 0 Å². The van der Waals surface area contributed by atoms with Gasteiger partial charge < -0.3 is 5.32 Å². The molecule has 2 unspecified atom stereocenters. The maximum atomic E-state index is 3.79. The van der Waals surface area contributed by atoms with Gasteiger partial charge in [-0.05, 0) is 58.4 Å². The van der Waals surface area contributed by atoms with Crippen molar-refractivity contribution in [3.05, 3.63) is 12.7 Å². The second-order valence-electron chi connectivity index (χ2n) is 7.01. The van der Waals surface area contributed by atoms with Gasteiger partial charge in [-0.15, -0.1) is 6.58 Å². The fourth-order valence-corrected chi connectivity index (χ4v) is 3.07. The Morgan fingerprint density at radius 1 is 1.11 bits per heavy atom. The molecule has 0 heterocycles. The average Bonchev–Trinajstić information content (AvgIpc) is 2.73. The van der Waals surface area contributed by atoms with Crippen molar-refractivity contribution in [3.63, 3.8) is 0 Å². The van der Waals surface area contributed by atoms with Crippen LogP contribution in [0, 0.1) is 11.8 Å².